The number of hydrogen-bond acceptors (Lipinski definition) is 3. The fourth-order valence-corrected chi connectivity index (χ4v) is 3.21. The zero-order valence-corrected chi connectivity index (χ0v) is 12.9. The summed E-state index contributed by atoms with van der Waals surface area (Å²) in [6.07, 6.45) is 5.19. The van der Waals surface area contributed by atoms with E-state index in [1.807, 2.05) is 0 Å². The maximum Gasteiger partial charge on any atom is 0.0366 e. The van der Waals surface area contributed by atoms with Gasteiger partial charge in [0.2, 0.25) is 0 Å². The van der Waals surface area contributed by atoms with E-state index in [0.29, 0.717) is 6.04 Å². The monoisotopic (exact) mass is 275 g/mol. The molecule has 0 radical (unpaired) electrons. The summed E-state index contributed by atoms with van der Waals surface area (Å²) < 4.78 is 0. The van der Waals surface area contributed by atoms with Gasteiger partial charge < -0.3 is 16.4 Å². The highest BCUT2D eigenvalue weighted by Gasteiger charge is 2.30. The SMILES string of the molecule is CCN(CC)c1ccc(CC2(N)CCC(N)CC2)cc1. The van der Waals surface area contributed by atoms with Crippen molar-refractivity contribution in [1.82, 2.24) is 0 Å². The number of hydrogen-bond donors (Lipinski definition) is 2. The van der Waals surface area contributed by atoms with E-state index in [9.17, 15) is 0 Å². The Kier molecular flexibility index (Phi) is 5.06. The van der Waals surface area contributed by atoms with Gasteiger partial charge in [0.25, 0.3) is 0 Å². The molecule has 3 heteroatoms. The Morgan fingerprint density at radius 2 is 1.65 bits per heavy atom. The number of anilines is 1. The van der Waals surface area contributed by atoms with Gasteiger partial charge in [-0.3, -0.25) is 0 Å². The second-order valence-corrected chi connectivity index (χ2v) is 6.22. The van der Waals surface area contributed by atoms with Crippen molar-refractivity contribution in [1.29, 1.82) is 0 Å². The average Bonchev–Trinajstić information content (AvgIpc) is 2.46. The molecule has 0 bridgehead atoms. The summed E-state index contributed by atoms with van der Waals surface area (Å²) in [5, 5.41) is 0. The summed E-state index contributed by atoms with van der Waals surface area (Å²) in [5.41, 5.74) is 15.1. The zero-order chi connectivity index (χ0) is 14.6. The van der Waals surface area contributed by atoms with Crippen LogP contribution in [0.1, 0.15) is 45.1 Å². The number of nitrogens with two attached hydrogens (primary N) is 2. The van der Waals surface area contributed by atoms with Crippen LogP contribution in [0.25, 0.3) is 0 Å². The van der Waals surface area contributed by atoms with E-state index in [4.69, 9.17) is 11.5 Å². The Bertz CT molecular complexity index is 401. The molecule has 0 aromatic heterocycles. The summed E-state index contributed by atoms with van der Waals surface area (Å²) in [7, 11) is 0. The molecule has 0 amide bonds. The molecule has 0 heterocycles. The highest BCUT2D eigenvalue weighted by atomic mass is 15.1. The Hall–Kier alpha value is -1.06. The molecule has 3 nitrogen and oxygen atoms in total. The van der Waals surface area contributed by atoms with Crippen molar-refractivity contribution in [2.24, 2.45) is 11.5 Å². The fourth-order valence-electron chi connectivity index (χ4n) is 3.21. The fraction of sp³-hybridized carbons (Fsp3) is 0.647. The van der Waals surface area contributed by atoms with Crippen LogP contribution in [0.3, 0.4) is 0 Å². The van der Waals surface area contributed by atoms with Gasteiger partial charge in [-0.15, -0.1) is 0 Å². The third-order valence-electron chi connectivity index (χ3n) is 4.65. The standard InChI is InChI=1S/C17H29N3/c1-3-20(4-2)16-7-5-14(6-8-16)13-17(19)11-9-15(18)10-12-17/h5-8,15H,3-4,9-13,18-19H2,1-2H3. The van der Waals surface area contributed by atoms with Crippen molar-refractivity contribution in [2.45, 2.75) is 57.5 Å². The normalized spacial score (nSPS) is 26.5. The van der Waals surface area contributed by atoms with E-state index >= 15 is 0 Å². The van der Waals surface area contributed by atoms with Crippen molar-refractivity contribution in [3.8, 4) is 0 Å². The molecule has 1 fully saturated rings. The van der Waals surface area contributed by atoms with Crippen LogP contribution in [0.15, 0.2) is 24.3 Å². The first-order valence-corrected chi connectivity index (χ1v) is 7.94. The van der Waals surface area contributed by atoms with Gasteiger partial charge in [-0.2, -0.15) is 0 Å². The van der Waals surface area contributed by atoms with E-state index < -0.39 is 0 Å². The van der Waals surface area contributed by atoms with E-state index in [1.54, 1.807) is 0 Å². The van der Waals surface area contributed by atoms with Crippen molar-refractivity contribution in [2.75, 3.05) is 18.0 Å². The minimum Gasteiger partial charge on any atom is -0.372 e. The Balaban J connectivity index is 2.00. The summed E-state index contributed by atoms with van der Waals surface area (Å²) >= 11 is 0. The van der Waals surface area contributed by atoms with Crippen molar-refractivity contribution in [3.05, 3.63) is 29.8 Å². The van der Waals surface area contributed by atoms with Crippen molar-refractivity contribution in [3.63, 3.8) is 0 Å². The lowest BCUT2D eigenvalue weighted by Gasteiger charge is -2.36. The number of rotatable bonds is 5. The molecule has 0 saturated heterocycles. The second kappa shape index (κ2) is 6.59. The van der Waals surface area contributed by atoms with Crippen LogP contribution in [0.2, 0.25) is 0 Å². The van der Waals surface area contributed by atoms with Gasteiger partial charge >= 0.3 is 0 Å². The lowest BCUT2D eigenvalue weighted by Crippen LogP contribution is -2.47. The van der Waals surface area contributed by atoms with Crippen LogP contribution in [-0.4, -0.2) is 24.7 Å². The molecule has 0 spiro atoms. The van der Waals surface area contributed by atoms with Crippen LogP contribution < -0.4 is 16.4 Å². The summed E-state index contributed by atoms with van der Waals surface area (Å²) in [5.74, 6) is 0. The van der Waals surface area contributed by atoms with Gasteiger partial charge in [-0.25, -0.2) is 0 Å². The highest BCUT2D eigenvalue weighted by molar-refractivity contribution is 5.47. The molecule has 2 rings (SSSR count). The van der Waals surface area contributed by atoms with Gasteiger partial charge in [0.15, 0.2) is 0 Å². The van der Waals surface area contributed by atoms with Crippen LogP contribution in [0.5, 0.6) is 0 Å². The maximum absolute atomic E-state index is 6.54. The quantitative estimate of drug-likeness (QED) is 0.868. The molecule has 0 atom stereocenters. The van der Waals surface area contributed by atoms with Crippen LogP contribution in [0, 0.1) is 0 Å². The van der Waals surface area contributed by atoms with E-state index in [0.717, 1.165) is 45.2 Å². The van der Waals surface area contributed by atoms with Gasteiger partial charge in [-0.1, -0.05) is 12.1 Å². The molecule has 112 valence electrons. The summed E-state index contributed by atoms with van der Waals surface area (Å²) in [6.45, 7) is 6.48. The minimum absolute atomic E-state index is 0.0490. The Labute approximate surface area is 123 Å². The molecule has 1 aliphatic carbocycles. The molecule has 0 aliphatic heterocycles. The van der Waals surface area contributed by atoms with Gasteiger partial charge in [0, 0.05) is 30.4 Å². The first kappa shape index (κ1) is 15.3. The predicted octanol–water partition coefficient (Wildman–Crippen LogP) is 2.67. The average molecular weight is 275 g/mol. The topological polar surface area (TPSA) is 55.3 Å². The molecular formula is C17H29N3. The maximum atomic E-state index is 6.54. The largest absolute Gasteiger partial charge is 0.372 e. The Morgan fingerprint density at radius 3 is 2.15 bits per heavy atom. The van der Waals surface area contributed by atoms with Gasteiger partial charge in [0.1, 0.15) is 0 Å². The van der Waals surface area contributed by atoms with E-state index in [1.165, 1.54) is 11.3 Å². The predicted molar refractivity (Wildman–Crippen MR) is 87.1 cm³/mol. The third kappa shape index (κ3) is 3.74. The smallest absolute Gasteiger partial charge is 0.0366 e. The summed E-state index contributed by atoms with van der Waals surface area (Å²) in [4.78, 5) is 2.36. The lowest BCUT2D eigenvalue weighted by atomic mass is 9.77. The Morgan fingerprint density at radius 1 is 1.10 bits per heavy atom. The van der Waals surface area contributed by atoms with Crippen LogP contribution >= 0.6 is 0 Å². The summed E-state index contributed by atoms with van der Waals surface area (Å²) in [6, 6.07) is 9.27. The van der Waals surface area contributed by atoms with E-state index in [2.05, 4.69) is 43.0 Å². The zero-order valence-electron chi connectivity index (χ0n) is 12.9. The molecule has 1 aromatic carbocycles. The molecule has 4 N–H and O–H groups in total. The third-order valence-corrected chi connectivity index (χ3v) is 4.65. The van der Waals surface area contributed by atoms with Crippen LogP contribution in [0.4, 0.5) is 5.69 Å². The first-order valence-electron chi connectivity index (χ1n) is 7.94. The molecule has 1 saturated carbocycles. The lowest BCUT2D eigenvalue weighted by molar-refractivity contribution is 0.271. The van der Waals surface area contributed by atoms with Gasteiger partial charge in [-0.05, 0) is 63.6 Å². The molecule has 1 aromatic rings. The first-order chi connectivity index (χ1) is 9.56. The van der Waals surface area contributed by atoms with Crippen molar-refractivity contribution >= 4 is 5.69 Å². The minimum atomic E-state index is -0.0490. The van der Waals surface area contributed by atoms with Gasteiger partial charge in [0.05, 0.1) is 0 Å². The number of benzene rings is 1. The van der Waals surface area contributed by atoms with Crippen LogP contribution in [-0.2, 0) is 6.42 Å². The molecule has 20 heavy (non-hydrogen) atoms. The number of nitrogens with zero attached hydrogens (tertiary/aromatic N) is 1. The molecule has 1 aliphatic rings. The molecule has 0 unspecified atom stereocenters. The van der Waals surface area contributed by atoms with Crippen molar-refractivity contribution < 1.29 is 0 Å². The second-order valence-electron chi connectivity index (χ2n) is 6.22. The highest BCUT2D eigenvalue weighted by Crippen LogP contribution is 2.29. The molecular weight excluding hydrogens is 246 g/mol. The van der Waals surface area contributed by atoms with E-state index in [-0.39, 0.29) is 5.54 Å².